The predicted molar refractivity (Wildman–Crippen MR) is 52.0 cm³/mol. The number of para-hydroxylation sites is 1. The third kappa shape index (κ3) is 1.90. The molecule has 0 radical (unpaired) electrons. The van der Waals surface area contributed by atoms with E-state index in [0.29, 0.717) is 17.9 Å². The topological polar surface area (TPSA) is 75.3 Å². The molecule has 4 N–H and O–H groups in total. The quantitative estimate of drug-likeness (QED) is 0.614. The van der Waals surface area contributed by atoms with E-state index in [1.807, 2.05) is 6.92 Å². The smallest absolute Gasteiger partial charge is 0.337 e. The molecule has 1 aromatic carbocycles. The van der Waals surface area contributed by atoms with Crippen molar-refractivity contribution in [1.82, 2.24) is 0 Å². The number of nitrogens with one attached hydrogen (secondary N) is 1. The van der Waals surface area contributed by atoms with Crippen LogP contribution in [0.4, 0.5) is 11.4 Å². The predicted octanol–water partition coefficient (Wildman–Crippen LogP) is 1.40. The Kier molecular flexibility index (Phi) is 2.74. The Bertz CT molecular complexity index is 323. The number of aromatic carboxylic acids is 1. The van der Waals surface area contributed by atoms with Gasteiger partial charge in [0.15, 0.2) is 0 Å². The number of benzene rings is 1. The molecule has 1 rings (SSSR count). The van der Waals surface area contributed by atoms with E-state index in [0.717, 1.165) is 0 Å². The summed E-state index contributed by atoms with van der Waals surface area (Å²) in [6, 6.07) is 4.82. The third-order valence-corrected chi connectivity index (χ3v) is 1.68. The largest absolute Gasteiger partial charge is 0.478 e. The van der Waals surface area contributed by atoms with Gasteiger partial charge in [-0.3, -0.25) is 0 Å². The van der Waals surface area contributed by atoms with Gasteiger partial charge in [-0.05, 0) is 19.1 Å². The molecule has 13 heavy (non-hydrogen) atoms. The van der Waals surface area contributed by atoms with Crippen LogP contribution in [0.2, 0.25) is 0 Å². The van der Waals surface area contributed by atoms with Crippen LogP contribution < -0.4 is 11.1 Å². The second kappa shape index (κ2) is 3.80. The van der Waals surface area contributed by atoms with Crippen LogP contribution in [0.15, 0.2) is 18.2 Å². The van der Waals surface area contributed by atoms with Gasteiger partial charge in [0.1, 0.15) is 0 Å². The summed E-state index contributed by atoms with van der Waals surface area (Å²) in [5, 5.41) is 11.7. The summed E-state index contributed by atoms with van der Waals surface area (Å²) in [5.74, 6) is -0.969. The van der Waals surface area contributed by atoms with E-state index in [-0.39, 0.29) is 5.56 Å². The Morgan fingerprint density at radius 2 is 2.31 bits per heavy atom. The molecule has 0 saturated carbocycles. The van der Waals surface area contributed by atoms with Crippen LogP contribution in [-0.2, 0) is 0 Å². The van der Waals surface area contributed by atoms with Gasteiger partial charge in [0.05, 0.1) is 16.9 Å². The maximum Gasteiger partial charge on any atom is 0.337 e. The zero-order chi connectivity index (χ0) is 9.84. The first-order valence-electron chi connectivity index (χ1n) is 4.02. The van der Waals surface area contributed by atoms with E-state index in [1.54, 1.807) is 12.1 Å². The maximum atomic E-state index is 10.8. The number of anilines is 2. The van der Waals surface area contributed by atoms with Gasteiger partial charge in [0, 0.05) is 6.54 Å². The van der Waals surface area contributed by atoms with Gasteiger partial charge in [0.25, 0.3) is 0 Å². The van der Waals surface area contributed by atoms with Crippen molar-refractivity contribution in [3.8, 4) is 0 Å². The molecule has 0 saturated heterocycles. The molecule has 4 nitrogen and oxygen atoms in total. The molecule has 0 unspecified atom stereocenters. The van der Waals surface area contributed by atoms with Crippen molar-refractivity contribution in [3.63, 3.8) is 0 Å². The van der Waals surface area contributed by atoms with Crippen LogP contribution in [-0.4, -0.2) is 17.6 Å². The molecule has 70 valence electrons. The second-order valence-electron chi connectivity index (χ2n) is 2.61. The minimum atomic E-state index is -0.969. The Balaban J connectivity index is 3.17. The summed E-state index contributed by atoms with van der Waals surface area (Å²) in [4.78, 5) is 10.8. The summed E-state index contributed by atoms with van der Waals surface area (Å²) < 4.78 is 0. The molecule has 0 bridgehead atoms. The van der Waals surface area contributed by atoms with Crippen LogP contribution in [0.5, 0.6) is 0 Å². The molecular formula is C9H12N2O2. The van der Waals surface area contributed by atoms with E-state index >= 15 is 0 Å². The van der Waals surface area contributed by atoms with Crippen molar-refractivity contribution in [3.05, 3.63) is 23.8 Å². The van der Waals surface area contributed by atoms with E-state index in [1.165, 1.54) is 6.07 Å². The van der Waals surface area contributed by atoms with E-state index in [9.17, 15) is 4.79 Å². The SMILES string of the molecule is CCNc1c(N)cccc1C(=O)O. The molecule has 0 heterocycles. The van der Waals surface area contributed by atoms with Crippen molar-refractivity contribution in [2.45, 2.75) is 6.92 Å². The van der Waals surface area contributed by atoms with Gasteiger partial charge in [-0.1, -0.05) is 6.07 Å². The zero-order valence-corrected chi connectivity index (χ0v) is 7.37. The van der Waals surface area contributed by atoms with Crippen molar-refractivity contribution in [1.29, 1.82) is 0 Å². The second-order valence-corrected chi connectivity index (χ2v) is 2.61. The molecule has 0 aromatic heterocycles. The molecule has 0 spiro atoms. The van der Waals surface area contributed by atoms with Gasteiger partial charge in [-0.2, -0.15) is 0 Å². The first kappa shape index (κ1) is 9.38. The Morgan fingerprint density at radius 1 is 1.62 bits per heavy atom. The van der Waals surface area contributed by atoms with E-state index in [4.69, 9.17) is 10.8 Å². The van der Waals surface area contributed by atoms with Crippen LogP contribution in [0.1, 0.15) is 17.3 Å². The summed E-state index contributed by atoms with van der Waals surface area (Å²) in [7, 11) is 0. The average molecular weight is 180 g/mol. The van der Waals surface area contributed by atoms with Gasteiger partial charge >= 0.3 is 5.97 Å². The molecule has 0 aliphatic rings. The average Bonchev–Trinajstić information content (AvgIpc) is 2.08. The third-order valence-electron chi connectivity index (χ3n) is 1.68. The minimum absolute atomic E-state index is 0.210. The number of nitrogen functional groups attached to an aromatic ring is 1. The summed E-state index contributed by atoms with van der Waals surface area (Å²) >= 11 is 0. The van der Waals surface area contributed by atoms with Gasteiger partial charge in [-0.15, -0.1) is 0 Å². The fourth-order valence-electron chi connectivity index (χ4n) is 1.12. The van der Waals surface area contributed by atoms with Crippen LogP contribution in [0, 0.1) is 0 Å². The Labute approximate surface area is 76.4 Å². The molecule has 0 aliphatic heterocycles. The summed E-state index contributed by atoms with van der Waals surface area (Å²) in [6.07, 6.45) is 0. The van der Waals surface area contributed by atoms with Gasteiger partial charge < -0.3 is 16.2 Å². The van der Waals surface area contributed by atoms with E-state index < -0.39 is 5.97 Å². The van der Waals surface area contributed by atoms with Crippen molar-refractivity contribution >= 4 is 17.3 Å². The molecular weight excluding hydrogens is 168 g/mol. The van der Waals surface area contributed by atoms with Crippen LogP contribution in [0.25, 0.3) is 0 Å². The highest BCUT2D eigenvalue weighted by Crippen LogP contribution is 2.22. The lowest BCUT2D eigenvalue weighted by atomic mass is 10.1. The molecule has 0 atom stereocenters. The number of carboxylic acid groups (broad SMARTS) is 1. The highest BCUT2D eigenvalue weighted by molar-refractivity contribution is 5.97. The number of hydrogen-bond acceptors (Lipinski definition) is 3. The Morgan fingerprint density at radius 3 is 2.85 bits per heavy atom. The van der Waals surface area contributed by atoms with Gasteiger partial charge in [-0.25, -0.2) is 4.79 Å². The standard InChI is InChI=1S/C9H12N2O2/c1-2-11-8-6(9(12)13)4-3-5-7(8)10/h3-5,11H,2,10H2,1H3,(H,12,13). The van der Waals surface area contributed by atoms with Crippen LogP contribution >= 0.6 is 0 Å². The van der Waals surface area contributed by atoms with Crippen molar-refractivity contribution < 1.29 is 9.90 Å². The minimum Gasteiger partial charge on any atom is -0.478 e. The van der Waals surface area contributed by atoms with E-state index in [2.05, 4.69) is 5.32 Å². The van der Waals surface area contributed by atoms with Crippen molar-refractivity contribution in [2.24, 2.45) is 0 Å². The summed E-state index contributed by atoms with van der Waals surface area (Å²) in [6.45, 7) is 2.53. The molecule has 0 fully saturated rings. The fourth-order valence-corrected chi connectivity index (χ4v) is 1.12. The maximum absolute atomic E-state index is 10.8. The number of rotatable bonds is 3. The lowest BCUT2D eigenvalue weighted by Gasteiger charge is -2.09. The first-order chi connectivity index (χ1) is 6.16. The zero-order valence-electron chi connectivity index (χ0n) is 7.37. The fraction of sp³-hybridized carbons (Fsp3) is 0.222. The normalized spacial score (nSPS) is 9.62. The molecule has 0 aliphatic carbocycles. The lowest BCUT2D eigenvalue weighted by Crippen LogP contribution is -2.08. The number of carbonyl (C=O) groups is 1. The Hall–Kier alpha value is -1.71. The highest BCUT2D eigenvalue weighted by Gasteiger charge is 2.10. The monoisotopic (exact) mass is 180 g/mol. The van der Waals surface area contributed by atoms with Gasteiger partial charge in [0.2, 0.25) is 0 Å². The summed E-state index contributed by atoms with van der Waals surface area (Å²) in [5.41, 5.74) is 6.79. The van der Waals surface area contributed by atoms with Crippen LogP contribution in [0.3, 0.4) is 0 Å². The molecule has 0 amide bonds. The lowest BCUT2D eigenvalue weighted by molar-refractivity contribution is 0.0698. The number of nitrogens with two attached hydrogens (primary N) is 1. The van der Waals surface area contributed by atoms with Crippen molar-refractivity contribution in [2.75, 3.05) is 17.6 Å². The molecule has 4 heteroatoms. The highest BCUT2D eigenvalue weighted by atomic mass is 16.4. The molecule has 1 aromatic rings. The number of hydrogen-bond donors (Lipinski definition) is 3. The first-order valence-corrected chi connectivity index (χ1v) is 4.02. The number of carboxylic acids is 1.